The minimum Gasteiger partial charge on any atom is -0.368 e. The summed E-state index contributed by atoms with van der Waals surface area (Å²) in [6, 6.07) is 17.8. The molecule has 0 unspecified atom stereocenters. The molecule has 0 saturated carbocycles. The molecular formula is C23H20F2N2O2. The molecule has 0 aliphatic heterocycles. The number of nitrogens with zero attached hydrogens (tertiary/aromatic N) is 1. The Kier molecular flexibility index (Phi) is 6.02. The molecule has 2 N–H and O–H groups in total. The molecule has 2 atom stereocenters. The van der Waals surface area contributed by atoms with E-state index in [4.69, 9.17) is 5.73 Å². The van der Waals surface area contributed by atoms with Crippen molar-refractivity contribution < 1.29 is 18.4 Å². The lowest BCUT2D eigenvalue weighted by Crippen LogP contribution is -2.43. The minimum absolute atomic E-state index is 0.196. The molecule has 3 rings (SSSR count). The first kappa shape index (κ1) is 20.2. The fourth-order valence-corrected chi connectivity index (χ4v) is 3.31. The van der Waals surface area contributed by atoms with Crippen LogP contribution in [0.4, 0.5) is 8.78 Å². The number of primary amides is 1. The monoisotopic (exact) mass is 394 g/mol. The third kappa shape index (κ3) is 4.32. The fourth-order valence-electron chi connectivity index (χ4n) is 3.31. The Bertz CT molecular complexity index is 1020. The molecule has 0 bridgehead atoms. The van der Waals surface area contributed by atoms with Gasteiger partial charge in [0.25, 0.3) is 5.91 Å². The molecule has 6 heteroatoms. The minimum atomic E-state index is -1.17. The Balaban J connectivity index is 2.16. The summed E-state index contributed by atoms with van der Waals surface area (Å²) < 4.78 is 28.2. The number of benzene rings is 3. The Hall–Kier alpha value is -3.54. The maximum Gasteiger partial charge on any atom is 0.258 e. The van der Waals surface area contributed by atoms with E-state index in [9.17, 15) is 18.4 Å². The van der Waals surface area contributed by atoms with Crippen LogP contribution >= 0.6 is 0 Å². The van der Waals surface area contributed by atoms with Gasteiger partial charge in [0.15, 0.2) is 0 Å². The molecule has 29 heavy (non-hydrogen) atoms. The zero-order valence-electron chi connectivity index (χ0n) is 15.8. The number of halogens is 2. The normalized spacial score (nSPS) is 12.8. The average Bonchev–Trinajstić information content (AvgIpc) is 2.71. The summed E-state index contributed by atoms with van der Waals surface area (Å²) in [7, 11) is 0. The summed E-state index contributed by atoms with van der Waals surface area (Å²) in [5, 5.41) is 0. The van der Waals surface area contributed by atoms with Crippen LogP contribution in [0.3, 0.4) is 0 Å². The standard InChI is InChI=1S/C23H20F2N2O2/c1-15(17-10-7-11-18(24)14-17)27(23(29)19-12-5-6-13-20(19)25)21(22(26)28)16-8-3-2-4-9-16/h2-15,21H,1H3,(H2,26,28)/t15-,21-/m1/s1. The van der Waals surface area contributed by atoms with Crippen molar-refractivity contribution in [2.45, 2.75) is 19.0 Å². The van der Waals surface area contributed by atoms with E-state index in [2.05, 4.69) is 0 Å². The van der Waals surface area contributed by atoms with Crippen LogP contribution in [0, 0.1) is 11.6 Å². The molecule has 0 aliphatic carbocycles. The van der Waals surface area contributed by atoms with Crippen molar-refractivity contribution in [3.05, 3.63) is 107 Å². The zero-order valence-corrected chi connectivity index (χ0v) is 15.8. The van der Waals surface area contributed by atoms with Gasteiger partial charge in [-0.3, -0.25) is 9.59 Å². The summed E-state index contributed by atoms with van der Waals surface area (Å²) >= 11 is 0. The molecule has 2 amide bonds. The summed E-state index contributed by atoms with van der Waals surface area (Å²) in [4.78, 5) is 27.0. The number of rotatable bonds is 6. The Morgan fingerprint density at radius 3 is 2.10 bits per heavy atom. The van der Waals surface area contributed by atoms with Gasteiger partial charge < -0.3 is 10.6 Å². The van der Waals surface area contributed by atoms with Gasteiger partial charge in [0.05, 0.1) is 11.6 Å². The molecule has 148 valence electrons. The lowest BCUT2D eigenvalue weighted by molar-refractivity contribution is -0.123. The van der Waals surface area contributed by atoms with Crippen molar-refractivity contribution in [1.82, 2.24) is 4.90 Å². The van der Waals surface area contributed by atoms with Gasteiger partial charge in [-0.15, -0.1) is 0 Å². The van der Waals surface area contributed by atoms with Crippen molar-refractivity contribution in [3.8, 4) is 0 Å². The maximum atomic E-state index is 14.4. The first-order chi connectivity index (χ1) is 13.9. The van der Waals surface area contributed by atoms with Crippen molar-refractivity contribution in [3.63, 3.8) is 0 Å². The smallest absolute Gasteiger partial charge is 0.258 e. The van der Waals surface area contributed by atoms with Gasteiger partial charge in [-0.1, -0.05) is 54.6 Å². The lowest BCUT2D eigenvalue weighted by Gasteiger charge is -2.35. The van der Waals surface area contributed by atoms with Gasteiger partial charge in [-0.25, -0.2) is 8.78 Å². The molecule has 0 aliphatic rings. The van der Waals surface area contributed by atoms with Gasteiger partial charge in [-0.2, -0.15) is 0 Å². The predicted molar refractivity (Wildman–Crippen MR) is 106 cm³/mol. The van der Waals surface area contributed by atoms with E-state index >= 15 is 0 Å². The van der Waals surface area contributed by atoms with Crippen LogP contribution in [0.15, 0.2) is 78.9 Å². The number of nitrogens with two attached hydrogens (primary N) is 1. The second kappa shape index (κ2) is 8.65. The van der Waals surface area contributed by atoms with Crippen molar-refractivity contribution in [1.29, 1.82) is 0 Å². The number of hydrogen-bond acceptors (Lipinski definition) is 2. The molecule has 0 aromatic heterocycles. The molecule has 0 saturated heterocycles. The van der Waals surface area contributed by atoms with E-state index in [-0.39, 0.29) is 5.56 Å². The van der Waals surface area contributed by atoms with E-state index in [1.54, 1.807) is 43.3 Å². The number of carbonyl (C=O) groups excluding carboxylic acids is 2. The van der Waals surface area contributed by atoms with Crippen molar-refractivity contribution in [2.24, 2.45) is 5.73 Å². The second-order valence-corrected chi connectivity index (χ2v) is 6.64. The Morgan fingerprint density at radius 2 is 1.48 bits per heavy atom. The van der Waals surface area contributed by atoms with Crippen molar-refractivity contribution in [2.75, 3.05) is 0 Å². The molecule has 4 nitrogen and oxygen atoms in total. The number of carbonyl (C=O) groups is 2. The van der Waals surface area contributed by atoms with E-state index in [1.807, 2.05) is 0 Å². The van der Waals surface area contributed by atoms with Crippen molar-refractivity contribution >= 4 is 11.8 Å². The summed E-state index contributed by atoms with van der Waals surface area (Å²) in [6.45, 7) is 1.65. The highest BCUT2D eigenvalue weighted by Gasteiger charge is 2.35. The van der Waals surface area contributed by atoms with Crippen LogP contribution in [0.5, 0.6) is 0 Å². The summed E-state index contributed by atoms with van der Waals surface area (Å²) in [5.74, 6) is -2.69. The second-order valence-electron chi connectivity index (χ2n) is 6.64. The first-order valence-electron chi connectivity index (χ1n) is 9.07. The van der Waals surface area contributed by atoms with Crippen LogP contribution in [-0.2, 0) is 4.79 Å². The van der Waals surface area contributed by atoms with Crippen LogP contribution in [-0.4, -0.2) is 16.7 Å². The molecule has 3 aromatic carbocycles. The van der Waals surface area contributed by atoms with Crippen LogP contribution in [0.25, 0.3) is 0 Å². The van der Waals surface area contributed by atoms with Gasteiger partial charge in [-0.05, 0) is 42.3 Å². The number of hydrogen-bond donors (Lipinski definition) is 1. The highest BCUT2D eigenvalue weighted by molar-refractivity contribution is 5.98. The SMILES string of the molecule is C[C@H](c1cccc(F)c1)N(C(=O)c1ccccc1F)[C@@H](C(N)=O)c1ccccc1. The van der Waals surface area contributed by atoms with Crippen LogP contribution < -0.4 is 5.73 Å². The zero-order chi connectivity index (χ0) is 21.0. The molecule has 0 heterocycles. The first-order valence-corrected chi connectivity index (χ1v) is 9.07. The molecule has 0 radical (unpaired) electrons. The van der Waals surface area contributed by atoms with E-state index in [0.717, 1.165) is 0 Å². The van der Waals surface area contributed by atoms with Gasteiger partial charge in [0.2, 0.25) is 5.91 Å². The van der Waals surface area contributed by atoms with Gasteiger partial charge in [0, 0.05) is 0 Å². The highest BCUT2D eigenvalue weighted by atomic mass is 19.1. The molecule has 3 aromatic rings. The van der Waals surface area contributed by atoms with Gasteiger partial charge in [0.1, 0.15) is 17.7 Å². The van der Waals surface area contributed by atoms with E-state index < -0.39 is 35.5 Å². The van der Waals surface area contributed by atoms with Crippen LogP contribution in [0.2, 0.25) is 0 Å². The fraction of sp³-hybridized carbons (Fsp3) is 0.130. The predicted octanol–water partition coefficient (Wildman–Crippen LogP) is 4.39. The largest absolute Gasteiger partial charge is 0.368 e. The van der Waals surface area contributed by atoms with E-state index in [1.165, 1.54) is 47.4 Å². The quantitative estimate of drug-likeness (QED) is 0.674. The third-order valence-electron chi connectivity index (χ3n) is 4.75. The van der Waals surface area contributed by atoms with Crippen LogP contribution in [0.1, 0.15) is 40.5 Å². The molecule has 0 fully saturated rings. The maximum absolute atomic E-state index is 14.4. The summed E-state index contributed by atoms with van der Waals surface area (Å²) in [6.07, 6.45) is 0. The molecular weight excluding hydrogens is 374 g/mol. The topological polar surface area (TPSA) is 63.4 Å². The molecule has 0 spiro atoms. The Labute approximate surface area is 167 Å². The Morgan fingerprint density at radius 1 is 0.862 bits per heavy atom. The van der Waals surface area contributed by atoms with E-state index in [0.29, 0.717) is 11.1 Å². The lowest BCUT2D eigenvalue weighted by atomic mass is 9.98. The highest BCUT2D eigenvalue weighted by Crippen LogP contribution is 2.33. The summed E-state index contributed by atoms with van der Waals surface area (Å²) in [5.41, 5.74) is 6.41. The third-order valence-corrected chi connectivity index (χ3v) is 4.75. The number of amides is 2. The average molecular weight is 394 g/mol. The van der Waals surface area contributed by atoms with Gasteiger partial charge >= 0.3 is 0 Å².